The van der Waals surface area contributed by atoms with Gasteiger partial charge in [-0.05, 0) is 18.2 Å². The first-order valence-corrected chi connectivity index (χ1v) is 4.93. The fraction of sp³-hybridized carbons (Fsp3) is 0. The molecule has 3 N–H and O–H groups in total. The molecule has 3 rings (SSSR count). The summed E-state index contributed by atoms with van der Waals surface area (Å²) in [5, 5.41) is 16.5. The van der Waals surface area contributed by atoms with Gasteiger partial charge in [0.2, 0.25) is 5.82 Å². The number of hydrogen-bond acceptors (Lipinski definition) is 4. The minimum Gasteiger partial charge on any atom is -0.319 e. The minimum atomic E-state index is -0.332. The van der Waals surface area contributed by atoms with Gasteiger partial charge in [-0.25, -0.2) is 4.98 Å². The number of nitrogens with zero attached hydrogens (tertiary/aromatic N) is 3. The molecule has 2 aromatic heterocycles. The summed E-state index contributed by atoms with van der Waals surface area (Å²) in [5.41, 5.74) is 1.53. The summed E-state index contributed by atoms with van der Waals surface area (Å²) >= 11 is 0. The average molecular weight is 228 g/mol. The molecule has 0 unspecified atom stereocenters. The first kappa shape index (κ1) is 9.52. The van der Waals surface area contributed by atoms with E-state index in [1.807, 2.05) is 6.07 Å². The molecule has 1 aromatic carbocycles. The Morgan fingerprint density at radius 3 is 3.00 bits per heavy atom. The van der Waals surface area contributed by atoms with Crippen LogP contribution in [0, 0.1) is 0 Å². The van der Waals surface area contributed by atoms with Gasteiger partial charge in [-0.2, -0.15) is 10.2 Å². The summed E-state index contributed by atoms with van der Waals surface area (Å²) in [4.78, 5) is 15.4. The summed E-state index contributed by atoms with van der Waals surface area (Å²) in [7, 11) is 0. The highest BCUT2D eigenvalue weighted by molar-refractivity contribution is 6.02. The minimum absolute atomic E-state index is 0.176. The number of H-pyrrole nitrogens is 2. The second-order valence-corrected chi connectivity index (χ2v) is 3.46. The van der Waals surface area contributed by atoms with Gasteiger partial charge in [0.25, 0.3) is 5.91 Å². The van der Waals surface area contributed by atoms with Gasteiger partial charge in [-0.15, -0.1) is 0 Å². The second kappa shape index (κ2) is 3.71. The van der Waals surface area contributed by atoms with E-state index in [9.17, 15) is 4.79 Å². The van der Waals surface area contributed by atoms with Crippen LogP contribution >= 0.6 is 0 Å². The van der Waals surface area contributed by atoms with Crippen LogP contribution in [0.25, 0.3) is 10.9 Å². The van der Waals surface area contributed by atoms with E-state index in [2.05, 4.69) is 30.7 Å². The third kappa shape index (κ3) is 1.73. The predicted octanol–water partition coefficient (Wildman–Crippen LogP) is 0.933. The molecule has 2 heterocycles. The molecular weight excluding hydrogens is 220 g/mol. The number of aromatic nitrogens is 5. The maximum atomic E-state index is 11.7. The van der Waals surface area contributed by atoms with E-state index in [0.717, 1.165) is 10.9 Å². The summed E-state index contributed by atoms with van der Waals surface area (Å²) < 4.78 is 0. The monoisotopic (exact) mass is 228 g/mol. The first-order chi connectivity index (χ1) is 8.33. The smallest absolute Gasteiger partial charge is 0.292 e. The normalized spacial score (nSPS) is 10.6. The van der Waals surface area contributed by atoms with Crippen molar-refractivity contribution in [3.8, 4) is 0 Å². The Hall–Kier alpha value is -2.70. The molecule has 1 amide bonds. The standard InChI is InChI=1S/C10H8N6O/c17-10(9-11-5-13-16-9)14-7-2-1-6-4-12-15-8(6)3-7/h1-5H,(H,12,15)(H,14,17)(H,11,13,16). The van der Waals surface area contributed by atoms with Crippen LogP contribution in [0.3, 0.4) is 0 Å². The highest BCUT2D eigenvalue weighted by Crippen LogP contribution is 2.16. The number of carbonyl (C=O) groups excluding carboxylic acids is 1. The Morgan fingerprint density at radius 2 is 2.18 bits per heavy atom. The van der Waals surface area contributed by atoms with Gasteiger partial charge in [0.15, 0.2) is 0 Å². The molecule has 0 spiro atoms. The molecule has 0 bridgehead atoms. The molecule has 0 saturated heterocycles. The van der Waals surface area contributed by atoms with Crippen molar-refractivity contribution < 1.29 is 4.79 Å². The van der Waals surface area contributed by atoms with Crippen LogP contribution in [-0.2, 0) is 0 Å². The van der Waals surface area contributed by atoms with Gasteiger partial charge in [0.05, 0.1) is 11.7 Å². The molecule has 7 nitrogen and oxygen atoms in total. The van der Waals surface area contributed by atoms with Gasteiger partial charge in [0, 0.05) is 11.1 Å². The Morgan fingerprint density at radius 1 is 1.24 bits per heavy atom. The summed E-state index contributed by atoms with van der Waals surface area (Å²) in [6.07, 6.45) is 3.00. The third-order valence-electron chi connectivity index (χ3n) is 2.33. The summed E-state index contributed by atoms with van der Waals surface area (Å²) in [6, 6.07) is 5.47. The molecule has 84 valence electrons. The van der Waals surface area contributed by atoms with Gasteiger partial charge in [-0.1, -0.05) is 0 Å². The van der Waals surface area contributed by atoms with E-state index >= 15 is 0 Å². The Bertz CT molecular complexity index is 656. The van der Waals surface area contributed by atoms with E-state index in [4.69, 9.17) is 0 Å². The zero-order chi connectivity index (χ0) is 11.7. The lowest BCUT2D eigenvalue weighted by atomic mass is 10.2. The van der Waals surface area contributed by atoms with Crippen molar-refractivity contribution in [3.05, 3.63) is 36.5 Å². The second-order valence-electron chi connectivity index (χ2n) is 3.46. The van der Waals surface area contributed by atoms with Crippen molar-refractivity contribution in [1.82, 2.24) is 25.4 Å². The largest absolute Gasteiger partial charge is 0.319 e. The summed E-state index contributed by atoms with van der Waals surface area (Å²) in [6.45, 7) is 0. The van der Waals surface area contributed by atoms with Crippen LogP contribution in [0.15, 0.2) is 30.7 Å². The fourth-order valence-electron chi connectivity index (χ4n) is 1.52. The van der Waals surface area contributed by atoms with Gasteiger partial charge in [-0.3, -0.25) is 15.0 Å². The SMILES string of the molecule is O=C(Nc1ccc2cn[nH]c2c1)c1ncn[nH]1. The van der Waals surface area contributed by atoms with E-state index in [1.54, 1.807) is 18.3 Å². The lowest BCUT2D eigenvalue weighted by Crippen LogP contribution is -2.13. The van der Waals surface area contributed by atoms with Crippen LogP contribution in [-0.4, -0.2) is 31.3 Å². The molecular formula is C10H8N6O. The van der Waals surface area contributed by atoms with Crippen molar-refractivity contribution in [3.63, 3.8) is 0 Å². The first-order valence-electron chi connectivity index (χ1n) is 4.93. The molecule has 0 radical (unpaired) electrons. The molecule has 17 heavy (non-hydrogen) atoms. The van der Waals surface area contributed by atoms with Crippen LogP contribution in [0.5, 0.6) is 0 Å². The van der Waals surface area contributed by atoms with Crippen molar-refractivity contribution in [1.29, 1.82) is 0 Å². The number of aromatic amines is 2. The lowest BCUT2D eigenvalue weighted by molar-refractivity contribution is 0.101. The number of benzene rings is 1. The maximum Gasteiger partial charge on any atom is 0.292 e. The molecule has 0 aliphatic carbocycles. The molecule has 7 heteroatoms. The quantitative estimate of drug-likeness (QED) is 0.607. The molecule has 0 atom stereocenters. The van der Waals surface area contributed by atoms with Crippen molar-refractivity contribution in [2.75, 3.05) is 5.32 Å². The predicted molar refractivity (Wildman–Crippen MR) is 60.4 cm³/mol. The maximum absolute atomic E-state index is 11.7. The average Bonchev–Trinajstić information content (AvgIpc) is 2.99. The topological polar surface area (TPSA) is 99.3 Å². The van der Waals surface area contributed by atoms with Crippen LogP contribution in [0.1, 0.15) is 10.6 Å². The zero-order valence-electron chi connectivity index (χ0n) is 8.64. The molecule has 0 fully saturated rings. The number of nitrogens with one attached hydrogen (secondary N) is 3. The number of fused-ring (bicyclic) bond motifs is 1. The Labute approximate surface area is 95.3 Å². The van der Waals surface area contributed by atoms with Gasteiger partial charge >= 0.3 is 0 Å². The number of amides is 1. The Kier molecular flexibility index (Phi) is 2.08. The summed E-state index contributed by atoms with van der Waals surface area (Å²) in [5.74, 6) is -0.156. The highest BCUT2D eigenvalue weighted by atomic mass is 16.2. The van der Waals surface area contributed by atoms with Gasteiger partial charge in [0.1, 0.15) is 6.33 Å². The molecule has 0 saturated carbocycles. The number of hydrogen-bond donors (Lipinski definition) is 3. The van der Waals surface area contributed by atoms with E-state index in [1.165, 1.54) is 6.33 Å². The number of rotatable bonds is 2. The van der Waals surface area contributed by atoms with E-state index in [0.29, 0.717) is 5.69 Å². The van der Waals surface area contributed by atoms with Crippen LogP contribution in [0.4, 0.5) is 5.69 Å². The van der Waals surface area contributed by atoms with Crippen LogP contribution in [0.2, 0.25) is 0 Å². The zero-order valence-corrected chi connectivity index (χ0v) is 8.64. The van der Waals surface area contributed by atoms with Gasteiger partial charge < -0.3 is 5.32 Å². The van der Waals surface area contributed by atoms with Crippen molar-refractivity contribution in [2.45, 2.75) is 0 Å². The van der Waals surface area contributed by atoms with Crippen LogP contribution < -0.4 is 5.32 Å². The lowest BCUT2D eigenvalue weighted by Gasteiger charge is -2.02. The Balaban J connectivity index is 1.87. The fourth-order valence-corrected chi connectivity index (χ4v) is 1.52. The number of anilines is 1. The van der Waals surface area contributed by atoms with E-state index < -0.39 is 0 Å². The highest BCUT2D eigenvalue weighted by Gasteiger charge is 2.09. The van der Waals surface area contributed by atoms with Crippen molar-refractivity contribution >= 4 is 22.5 Å². The van der Waals surface area contributed by atoms with E-state index in [-0.39, 0.29) is 11.7 Å². The van der Waals surface area contributed by atoms with Crippen molar-refractivity contribution in [2.24, 2.45) is 0 Å². The molecule has 3 aromatic rings. The number of carbonyl (C=O) groups is 1. The molecule has 0 aliphatic heterocycles. The molecule has 0 aliphatic rings. The third-order valence-corrected chi connectivity index (χ3v) is 2.33.